The summed E-state index contributed by atoms with van der Waals surface area (Å²) in [5.41, 5.74) is 5.99. The molecule has 1 rings (SSSR count). The first-order valence-corrected chi connectivity index (χ1v) is 6.43. The number of nitrogens with zero attached hydrogens (tertiary/aromatic N) is 2. The molecule has 1 heterocycles. The van der Waals surface area contributed by atoms with Crippen molar-refractivity contribution in [3.63, 3.8) is 0 Å². The van der Waals surface area contributed by atoms with E-state index in [9.17, 15) is 9.00 Å². The number of nitrogens with two attached hydrogens (primary N) is 1. The van der Waals surface area contributed by atoms with E-state index in [2.05, 4.69) is 10.4 Å². The van der Waals surface area contributed by atoms with Gasteiger partial charge in [0.1, 0.15) is 11.4 Å². The Morgan fingerprint density at radius 1 is 1.75 bits per heavy atom. The lowest BCUT2D eigenvalue weighted by Crippen LogP contribution is -2.32. The lowest BCUT2D eigenvalue weighted by molar-refractivity contribution is 0.0955. The highest BCUT2D eigenvalue weighted by Gasteiger charge is 2.15. The molecule has 16 heavy (non-hydrogen) atoms. The largest absolute Gasteiger partial charge is 0.383 e. The van der Waals surface area contributed by atoms with E-state index in [0.29, 0.717) is 17.9 Å². The summed E-state index contributed by atoms with van der Waals surface area (Å²) >= 11 is 0. The number of carbonyl (C=O) groups excluding carboxylic acids is 1. The normalized spacial score (nSPS) is 14.4. The minimum atomic E-state index is -0.950. The second-order valence-electron chi connectivity index (χ2n) is 3.59. The van der Waals surface area contributed by atoms with Crippen molar-refractivity contribution in [2.45, 2.75) is 12.2 Å². The molecule has 0 aliphatic heterocycles. The van der Waals surface area contributed by atoms with E-state index in [1.807, 2.05) is 6.92 Å². The zero-order chi connectivity index (χ0) is 12.3. The van der Waals surface area contributed by atoms with Crippen LogP contribution in [0.4, 0.5) is 5.82 Å². The molecule has 3 N–H and O–H groups in total. The summed E-state index contributed by atoms with van der Waals surface area (Å²) in [6, 6.07) is 0. The van der Waals surface area contributed by atoms with Crippen LogP contribution in [0.3, 0.4) is 0 Å². The van der Waals surface area contributed by atoms with Gasteiger partial charge in [-0.1, -0.05) is 0 Å². The van der Waals surface area contributed by atoms with E-state index >= 15 is 0 Å². The number of nitrogen functional groups attached to an aromatic ring is 1. The highest BCUT2D eigenvalue weighted by Crippen LogP contribution is 2.08. The van der Waals surface area contributed by atoms with Gasteiger partial charge < -0.3 is 11.1 Å². The molecule has 0 saturated carbocycles. The Morgan fingerprint density at radius 3 is 2.81 bits per heavy atom. The number of rotatable bonds is 4. The van der Waals surface area contributed by atoms with Gasteiger partial charge in [-0.2, -0.15) is 5.10 Å². The van der Waals surface area contributed by atoms with Gasteiger partial charge in [0.25, 0.3) is 5.91 Å². The van der Waals surface area contributed by atoms with Crippen molar-refractivity contribution in [1.29, 1.82) is 0 Å². The molecule has 90 valence electrons. The number of aromatic nitrogens is 2. The second-order valence-corrected chi connectivity index (χ2v) is 5.39. The van der Waals surface area contributed by atoms with E-state index in [0.717, 1.165) is 0 Å². The van der Waals surface area contributed by atoms with Crippen LogP contribution < -0.4 is 11.1 Å². The van der Waals surface area contributed by atoms with E-state index in [4.69, 9.17) is 5.73 Å². The SMILES string of the molecule is CC(CNC(=O)c1cnn(C)c1N)S(C)=O. The lowest BCUT2D eigenvalue weighted by Gasteiger charge is -2.09. The predicted octanol–water partition coefficient (Wildman–Crippen LogP) is -0.501. The molecule has 0 radical (unpaired) electrons. The van der Waals surface area contributed by atoms with Crippen LogP contribution >= 0.6 is 0 Å². The minimum absolute atomic E-state index is 0.0816. The summed E-state index contributed by atoms with van der Waals surface area (Å²) in [7, 11) is 0.712. The summed E-state index contributed by atoms with van der Waals surface area (Å²) in [4.78, 5) is 11.7. The van der Waals surface area contributed by atoms with Crippen LogP contribution in [0.25, 0.3) is 0 Å². The van der Waals surface area contributed by atoms with Gasteiger partial charge in [0.2, 0.25) is 0 Å². The van der Waals surface area contributed by atoms with Crippen molar-refractivity contribution in [2.75, 3.05) is 18.5 Å². The lowest BCUT2D eigenvalue weighted by atomic mass is 10.3. The Balaban J connectivity index is 2.60. The maximum atomic E-state index is 11.7. The van der Waals surface area contributed by atoms with Gasteiger partial charge in [0.05, 0.1) is 6.20 Å². The Kier molecular flexibility index (Phi) is 4.05. The molecule has 1 amide bonds. The van der Waals surface area contributed by atoms with Crippen molar-refractivity contribution in [3.05, 3.63) is 11.8 Å². The van der Waals surface area contributed by atoms with Crippen molar-refractivity contribution >= 4 is 22.5 Å². The standard InChI is InChI=1S/C9H16N4O2S/c1-6(16(3)15)4-11-9(14)7-5-12-13(2)8(7)10/h5-6H,4,10H2,1-3H3,(H,11,14). The zero-order valence-electron chi connectivity index (χ0n) is 9.56. The number of hydrogen-bond acceptors (Lipinski definition) is 4. The van der Waals surface area contributed by atoms with Crippen LogP contribution in [0.2, 0.25) is 0 Å². The fourth-order valence-corrected chi connectivity index (χ4v) is 1.39. The van der Waals surface area contributed by atoms with Crippen LogP contribution in [0, 0.1) is 0 Å². The average molecular weight is 244 g/mol. The van der Waals surface area contributed by atoms with Crippen LogP contribution in [0.5, 0.6) is 0 Å². The van der Waals surface area contributed by atoms with Gasteiger partial charge in [0.15, 0.2) is 0 Å². The van der Waals surface area contributed by atoms with Crippen molar-refractivity contribution in [3.8, 4) is 0 Å². The summed E-state index contributed by atoms with van der Waals surface area (Å²) in [5, 5.41) is 6.46. The van der Waals surface area contributed by atoms with Crippen LogP contribution in [-0.2, 0) is 17.8 Å². The fraction of sp³-hybridized carbons (Fsp3) is 0.556. The summed E-state index contributed by atoms with van der Waals surface area (Å²) in [6.07, 6.45) is 3.02. The average Bonchev–Trinajstić information content (AvgIpc) is 2.55. The molecule has 2 unspecified atom stereocenters. The minimum Gasteiger partial charge on any atom is -0.383 e. The van der Waals surface area contributed by atoms with Crippen LogP contribution in [0.1, 0.15) is 17.3 Å². The third-order valence-electron chi connectivity index (χ3n) is 2.35. The Bertz CT molecular complexity index is 416. The number of hydrogen-bond donors (Lipinski definition) is 2. The summed E-state index contributed by atoms with van der Waals surface area (Å²) < 4.78 is 12.5. The number of anilines is 1. The van der Waals surface area contributed by atoms with Crippen molar-refractivity contribution < 1.29 is 9.00 Å². The molecule has 0 aromatic carbocycles. The van der Waals surface area contributed by atoms with Gasteiger partial charge in [-0.3, -0.25) is 13.7 Å². The van der Waals surface area contributed by atoms with Gasteiger partial charge in [-0.25, -0.2) is 0 Å². The first kappa shape index (κ1) is 12.7. The monoisotopic (exact) mass is 244 g/mol. The fourth-order valence-electron chi connectivity index (χ4n) is 1.07. The summed E-state index contributed by atoms with van der Waals surface area (Å²) in [6.45, 7) is 2.17. The molecular weight excluding hydrogens is 228 g/mol. The predicted molar refractivity (Wildman–Crippen MR) is 63.5 cm³/mol. The molecular formula is C9H16N4O2S. The van der Waals surface area contributed by atoms with Gasteiger partial charge in [0, 0.05) is 35.9 Å². The Labute approximate surface area is 96.7 Å². The third-order valence-corrected chi connectivity index (χ3v) is 3.65. The third kappa shape index (κ3) is 2.82. The van der Waals surface area contributed by atoms with Crippen molar-refractivity contribution in [1.82, 2.24) is 15.1 Å². The molecule has 1 aromatic heterocycles. The Morgan fingerprint density at radius 2 is 2.38 bits per heavy atom. The van der Waals surface area contributed by atoms with Gasteiger partial charge in [-0.15, -0.1) is 0 Å². The molecule has 1 aromatic rings. The molecule has 0 aliphatic rings. The smallest absolute Gasteiger partial charge is 0.256 e. The van der Waals surface area contributed by atoms with E-state index < -0.39 is 10.8 Å². The Hall–Kier alpha value is -1.37. The maximum absolute atomic E-state index is 11.7. The maximum Gasteiger partial charge on any atom is 0.256 e. The van der Waals surface area contributed by atoms with E-state index in [1.165, 1.54) is 10.9 Å². The quantitative estimate of drug-likeness (QED) is 0.747. The van der Waals surface area contributed by atoms with Crippen molar-refractivity contribution in [2.24, 2.45) is 7.05 Å². The van der Waals surface area contributed by atoms with E-state index in [-0.39, 0.29) is 11.2 Å². The van der Waals surface area contributed by atoms with Gasteiger partial charge in [-0.05, 0) is 6.92 Å². The number of aryl methyl sites for hydroxylation is 1. The first-order valence-electron chi connectivity index (χ1n) is 4.81. The molecule has 2 atom stereocenters. The van der Waals surface area contributed by atoms with Crippen LogP contribution in [-0.4, -0.2) is 37.9 Å². The van der Waals surface area contributed by atoms with E-state index in [1.54, 1.807) is 13.3 Å². The highest BCUT2D eigenvalue weighted by atomic mass is 32.2. The molecule has 0 saturated heterocycles. The number of nitrogens with one attached hydrogen (secondary N) is 1. The summed E-state index contributed by atoms with van der Waals surface area (Å²) in [5.74, 6) is 0.0330. The number of amides is 1. The first-order chi connectivity index (χ1) is 7.43. The molecule has 0 fully saturated rings. The molecule has 7 heteroatoms. The second kappa shape index (κ2) is 5.11. The molecule has 0 aliphatic carbocycles. The molecule has 0 spiro atoms. The van der Waals surface area contributed by atoms with Crippen LogP contribution in [0.15, 0.2) is 6.20 Å². The van der Waals surface area contributed by atoms with Gasteiger partial charge >= 0.3 is 0 Å². The number of carbonyl (C=O) groups is 1. The molecule has 6 nitrogen and oxygen atoms in total. The zero-order valence-corrected chi connectivity index (χ0v) is 10.4. The molecule has 0 bridgehead atoms. The topological polar surface area (TPSA) is 90.0 Å². The highest BCUT2D eigenvalue weighted by molar-refractivity contribution is 7.84.